The van der Waals surface area contributed by atoms with Crippen LogP contribution in [0, 0.1) is 12.8 Å². The van der Waals surface area contributed by atoms with Crippen LogP contribution in [0.2, 0.25) is 0 Å². The highest BCUT2D eigenvalue weighted by Crippen LogP contribution is 2.23. The van der Waals surface area contributed by atoms with Crippen LogP contribution >= 0.6 is 15.9 Å². The molecule has 0 aliphatic carbocycles. The Morgan fingerprint density at radius 2 is 1.80 bits per heavy atom. The number of unbranched alkanes of at least 4 members (excludes halogenated alkanes) is 2. The van der Waals surface area contributed by atoms with Crippen LogP contribution in [-0.4, -0.2) is 69.1 Å². The second-order valence-electron chi connectivity index (χ2n) is 10.3. The molecule has 13 heteroatoms. The van der Waals surface area contributed by atoms with E-state index >= 15 is 0 Å². The van der Waals surface area contributed by atoms with Crippen LogP contribution < -0.4 is 21.7 Å². The van der Waals surface area contributed by atoms with E-state index in [1.165, 1.54) is 4.68 Å². The van der Waals surface area contributed by atoms with Crippen molar-refractivity contribution in [2.24, 2.45) is 11.7 Å². The van der Waals surface area contributed by atoms with Gasteiger partial charge < -0.3 is 26.6 Å². The van der Waals surface area contributed by atoms with Gasteiger partial charge in [0.05, 0.1) is 17.6 Å². The number of primary amides is 1. The summed E-state index contributed by atoms with van der Waals surface area (Å²) in [6.07, 6.45) is 5.26. The number of urea groups is 1. The minimum atomic E-state index is -0.705. The molecule has 0 saturated heterocycles. The first-order valence-electron chi connectivity index (χ1n) is 13.8. The summed E-state index contributed by atoms with van der Waals surface area (Å²) in [4.78, 5) is 50.4. The standard InChI is InChI=1S/C28H42BrN8O4/c1-19(2)26(33-24(38)10-6-5-7-16-36(4)25(39)17-29)22-18-37(35-34-22)23(9-8-15-31-28(30)41)27(40)32-21-13-11-20(3)12-14-21/h11-14,18-19,23,26H,3,5-10,15-17H2,1-2,4H3,(H,32,40)(H,33,38)(H3,30,31,41)/t23-,26-/m0/s1. The number of hydrogen-bond donors (Lipinski definition) is 4. The van der Waals surface area contributed by atoms with E-state index in [1.54, 1.807) is 42.4 Å². The van der Waals surface area contributed by atoms with Crippen molar-refractivity contribution in [1.29, 1.82) is 0 Å². The maximum Gasteiger partial charge on any atom is 0.312 e. The zero-order valence-corrected chi connectivity index (χ0v) is 25.7. The van der Waals surface area contributed by atoms with Gasteiger partial charge >= 0.3 is 6.03 Å². The van der Waals surface area contributed by atoms with Crippen LogP contribution in [0.4, 0.5) is 10.5 Å². The second-order valence-corrected chi connectivity index (χ2v) is 10.9. The molecular formula is C28H42BrN8O4. The Balaban J connectivity index is 2.04. The molecular weight excluding hydrogens is 592 g/mol. The first-order valence-corrected chi connectivity index (χ1v) is 14.9. The average molecular weight is 635 g/mol. The molecule has 1 radical (unpaired) electrons. The average Bonchev–Trinajstić information content (AvgIpc) is 3.41. The van der Waals surface area contributed by atoms with Crippen LogP contribution in [0.5, 0.6) is 0 Å². The summed E-state index contributed by atoms with van der Waals surface area (Å²) in [6.45, 7) is 8.78. The number of halogens is 1. The summed E-state index contributed by atoms with van der Waals surface area (Å²) in [5, 5.41) is 17.3. The molecule has 5 N–H and O–H groups in total. The van der Waals surface area contributed by atoms with E-state index in [2.05, 4.69) is 49.1 Å². The third-order valence-corrected chi connectivity index (χ3v) is 7.04. The lowest BCUT2D eigenvalue weighted by Crippen LogP contribution is -2.32. The smallest absolute Gasteiger partial charge is 0.312 e. The molecule has 0 spiro atoms. The van der Waals surface area contributed by atoms with E-state index in [4.69, 9.17) is 5.73 Å². The normalized spacial score (nSPS) is 12.4. The van der Waals surface area contributed by atoms with Gasteiger partial charge in [0.25, 0.3) is 0 Å². The first kappa shape index (κ1) is 33.7. The topological polar surface area (TPSA) is 164 Å². The zero-order valence-electron chi connectivity index (χ0n) is 24.1. The number of nitrogens with one attached hydrogen (secondary N) is 3. The fourth-order valence-corrected chi connectivity index (χ4v) is 4.58. The number of aromatic nitrogens is 3. The Morgan fingerprint density at radius 3 is 2.44 bits per heavy atom. The van der Waals surface area contributed by atoms with Gasteiger partial charge in [-0.1, -0.05) is 53.5 Å². The lowest BCUT2D eigenvalue weighted by atomic mass is 10.0. The summed E-state index contributed by atoms with van der Waals surface area (Å²) >= 11 is 3.17. The number of benzene rings is 1. The fourth-order valence-electron chi connectivity index (χ4n) is 4.16. The number of carbonyl (C=O) groups excluding carboxylic acids is 4. The first-order chi connectivity index (χ1) is 19.5. The zero-order chi connectivity index (χ0) is 30.4. The molecule has 0 aliphatic heterocycles. The van der Waals surface area contributed by atoms with Gasteiger partial charge in [0.2, 0.25) is 17.7 Å². The van der Waals surface area contributed by atoms with Crippen molar-refractivity contribution in [3.63, 3.8) is 0 Å². The van der Waals surface area contributed by atoms with Crippen molar-refractivity contribution in [3.8, 4) is 0 Å². The van der Waals surface area contributed by atoms with Gasteiger partial charge in [-0.3, -0.25) is 14.4 Å². The highest BCUT2D eigenvalue weighted by Gasteiger charge is 2.26. The molecule has 2 aromatic rings. The molecule has 0 bridgehead atoms. The van der Waals surface area contributed by atoms with Crippen molar-refractivity contribution >= 4 is 45.4 Å². The van der Waals surface area contributed by atoms with E-state index in [9.17, 15) is 19.2 Å². The van der Waals surface area contributed by atoms with E-state index in [-0.39, 0.29) is 29.7 Å². The monoisotopic (exact) mass is 633 g/mol. The lowest BCUT2D eigenvalue weighted by molar-refractivity contribution is -0.127. The largest absolute Gasteiger partial charge is 0.352 e. The van der Waals surface area contributed by atoms with Gasteiger partial charge in [0, 0.05) is 32.2 Å². The maximum atomic E-state index is 13.3. The summed E-state index contributed by atoms with van der Waals surface area (Å²) in [5.74, 6) is -0.318. The summed E-state index contributed by atoms with van der Waals surface area (Å²) in [7, 11) is 1.77. The van der Waals surface area contributed by atoms with Gasteiger partial charge in [-0.15, -0.1) is 5.10 Å². The Labute approximate surface area is 250 Å². The van der Waals surface area contributed by atoms with E-state index in [1.807, 2.05) is 13.8 Å². The van der Waals surface area contributed by atoms with Gasteiger partial charge in [0.1, 0.15) is 11.7 Å². The van der Waals surface area contributed by atoms with Crippen LogP contribution in [0.25, 0.3) is 0 Å². The Kier molecular flexibility index (Phi) is 14.3. The molecule has 2 atom stereocenters. The van der Waals surface area contributed by atoms with E-state index in [0.29, 0.717) is 55.5 Å². The molecule has 2 rings (SSSR count). The van der Waals surface area contributed by atoms with Gasteiger partial charge in [-0.2, -0.15) is 0 Å². The number of alkyl halides is 1. The van der Waals surface area contributed by atoms with Crippen molar-refractivity contribution in [2.45, 2.75) is 64.5 Å². The van der Waals surface area contributed by atoms with Gasteiger partial charge in [0.15, 0.2) is 0 Å². The quantitative estimate of drug-likeness (QED) is 0.154. The summed E-state index contributed by atoms with van der Waals surface area (Å²) in [6, 6.07) is 5.42. The van der Waals surface area contributed by atoms with Crippen molar-refractivity contribution in [1.82, 2.24) is 30.5 Å². The SMILES string of the molecule is [CH2]c1ccc(NC(=O)[C@H](CCCNC(N)=O)n2cc([C@@H](NC(=O)CCCCCN(C)C(=O)CBr)C(C)C)nn2)cc1. The number of hydrogen-bond acceptors (Lipinski definition) is 6. The molecule has 0 unspecified atom stereocenters. The molecule has 41 heavy (non-hydrogen) atoms. The van der Waals surface area contributed by atoms with Gasteiger partial charge in [-0.05, 0) is 56.2 Å². The molecule has 5 amide bonds. The maximum absolute atomic E-state index is 13.3. The highest BCUT2D eigenvalue weighted by molar-refractivity contribution is 9.09. The second kappa shape index (κ2) is 17.4. The molecule has 0 fully saturated rings. The van der Waals surface area contributed by atoms with E-state index in [0.717, 1.165) is 18.4 Å². The van der Waals surface area contributed by atoms with Crippen LogP contribution in [0.1, 0.15) is 75.7 Å². The van der Waals surface area contributed by atoms with Crippen molar-refractivity contribution in [3.05, 3.63) is 48.6 Å². The summed E-state index contributed by atoms with van der Waals surface area (Å²) in [5.41, 5.74) is 7.16. The predicted octanol–water partition coefficient (Wildman–Crippen LogP) is 3.32. The van der Waals surface area contributed by atoms with Crippen molar-refractivity contribution in [2.75, 3.05) is 30.8 Å². The lowest BCUT2D eigenvalue weighted by Gasteiger charge is -2.20. The Morgan fingerprint density at radius 1 is 1.10 bits per heavy atom. The van der Waals surface area contributed by atoms with Crippen LogP contribution in [0.15, 0.2) is 30.5 Å². The van der Waals surface area contributed by atoms with E-state index < -0.39 is 12.1 Å². The Bertz CT molecular complexity index is 1140. The minimum absolute atomic E-state index is 0.0289. The summed E-state index contributed by atoms with van der Waals surface area (Å²) < 4.78 is 1.50. The number of nitrogens with two attached hydrogens (primary N) is 1. The molecule has 0 aliphatic rings. The van der Waals surface area contributed by atoms with Crippen LogP contribution in [0.3, 0.4) is 0 Å². The van der Waals surface area contributed by atoms with Crippen molar-refractivity contribution < 1.29 is 19.2 Å². The molecule has 1 heterocycles. The number of nitrogens with zero attached hydrogens (tertiary/aromatic N) is 4. The number of anilines is 1. The number of amides is 5. The number of rotatable bonds is 17. The third kappa shape index (κ3) is 11.9. The predicted molar refractivity (Wildman–Crippen MR) is 161 cm³/mol. The molecule has 12 nitrogen and oxygen atoms in total. The van der Waals surface area contributed by atoms with Crippen LogP contribution in [-0.2, 0) is 14.4 Å². The third-order valence-electron chi connectivity index (χ3n) is 6.56. The molecule has 0 saturated carbocycles. The highest BCUT2D eigenvalue weighted by atomic mass is 79.9. The Hall–Kier alpha value is -3.48. The van der Waals surface area contributed by atoms with Gasteiger partial charge in [-0.25, -0.2) is 9.48 Å². The minimum Gasteiger partial charge on any atom is -0.352 e. The molecule has 1 aromatic heterocycles. The fraction of sp³-hybridized carbons (Fsp3) is 0.536. The molecule has 1 aromatic carbocycles. The number of carbonyl (C=O) groups is 4. The molecule has 225 valence electrons.